The molecule has 112 valence electrons. The van der Waals surface area contributed by atoms with E-state index in [-0.39, 0.29) is 13.1 Å². The fraction of sp³-hybridized carbons (Fsp3) is 0.500. The van der Waals surface area contributed by atoms with E-state index in [0.717, 1.165) is 5.56 Å². The van der Waals surface area contributed by atoms with Crippen molar-refractivity contribution in [2.24, 2.45) is 5.73 Å². The van der Waals surface area contributed by atoms with E-state index in [9.17, 15) is 18.0 Å². The van der Waals surface area contributed by atoms with Crippen molar-refractivity contribution in [1.29, 1.82) is 0 Å². The molecule has 1 aromatic rings. The smallest absolute Gasteiger partial charge is 0.341 e. The molecule has 2 N–H and O–H groups in total. The maximum Gasteiger partial charge on any atom is 0.389 e. The lowest BCUT2D eigenvalue weighted by molar-refractivity contribution is -0.149. The zero-order chi connectivity index (χ0) is 15.0. The minimum absolute atomic E-state index is 0.243. The van der Waals surface area contributed by atoms with Crippen molar-refractivity contribution in [3.05, 3.63) is 35.9 Å². The molecule has 0 bridgehead atoms. The van der Waals surface area contributed by atoms with E-state index in [2.05, 4.69) is 0 Å². The number of carbonyl (C=O) groups excluding carboxylic acids is 1. The van der Waals surface area contributed by atoms with E-state index < -0.39 is 24.9 Å². The molecule has 0 fully saturated rings. The number of carbonyl (C=O) groups is 1. The third-order valence-electron chi connectivity index (χ3n) is 2.89. The Balaban J connectivity index is 2.49. The van der Waals surface area contributed by atoms with Gasteiger partial charge in [-0.2, -0.15) is 13.2 Å². The molecule has 1 rings (SSSR count). The summed E-state index contributed by atoms with van der Waals surface area (Å²) in [5.74, 6) is -0.497. The molecule has 1 aromatic carbocycles. The standard InChI is InChI=1S/C14H19F3N2O/c15-14(16,17)8-6-13(20)19(11-9-18)10-7-12-4-2-1-3-5-12/h1-5H,6-11,18H2. The molecule has 0 unspecified atom stereocenters. The molecule has 0 spiro atoms. The molecule has 0 aliphatic heterocycles. The Morgan fingerprint density at radius 3 is 2.35 bits per heavy atom. The summed E-state index contributed by atoms with van der Waals surface area (Å²) in [5, 5.41) is 0. The van der Waals surface area contributed by atoms with E-state index in [1.165, 1.54) is 4.90 Å². The first kappa shape index (κ1) is 16.5. The molecule has 0 saturated heterocycles. The predicted molar refractivity (Wildman–Crippen MR) is 71.1 cm³/mol. The molecule has 0 aromatic heterocycles. The van der Waals surface area contributed by atoms with Crippen molar-refractivity contribution >= 4 is 5.91 Å². The summed E-state index contributed by atoms with van der Waals surface area (Å²) >= 11 is 0. The van der Waals surface area contributed by atoms with Gasteiger partial charge in [0.15, 0.2) is 0 Å². The Labute approximate surface area is 116 Å². The lowest BCUT2D eigenvalue weighted by Crippen LogP contribution is -2.37. The first-order valence-electron chi connectivity index (χ1n) is 6.51. The molecule has 1 amide bonds. The molecule has 0 aliphatic rings. The number of alkyl halides is 3. The van der Waals surface area contributed by atoms with Crippen LogP contribution < -0.4 is 5.73 Å². The first-order chi connectivity index (χ1) is 9.42. The highest BCUT2D eigenvalue weighted by atomic mass is 19.4. The van der Waals surface area contributed by atoms with E-state index in [4.69, 9.17) is 5.73 Å². The van der Waals surface area contributed by atoms with E-state index in [0.29, 0.717) is 13.0 Å². The molecular weight excluding hydrogens is 269 g/mol. The van der Waals surface area contributed by atoms with Gasteiger partial charge in [-0.05, 0) is 12.0 Å². The highest BCUT2D eigenvalue weighted by Gasteiger charge is 2.29. The van der Waals surface area contributed by atoms with Gasteiger partial charge in [0.25, 0.3) is 0 Å². The summed E-state index contributed by atoms with van der Waals surface area (Å²) in [4.78, 5) is 13.2. The first-order valence-corrected chi connectivity index (χ1v) is 6.51. The van der Waals surface area contributed by atoms with Gasteiger partial charge in [-0.15, -0.1) is 0 Å². The van der Waals surface area contributed by atoms with Crippen molar-refractivity contribution in [3.8, 4) is 0 Å². The third-order valence-corrected chi connectivity index (χ3v) is 2.89. The fourth-order valence-electron chi connectivity index (χ4n) is 1.83. The zero-order valence-electron chi connectivity index (χ0n) is 11.2. The number of nitrogens with two attached hydrogens (primary N) is 1. The number of halogens is 3. The highest BCUT2D eigenvalue weighted by molar-refractivity contribution is 5.76. The second-order valence-electron chi connectivity index (χ2n) is 4.52. The molecular formula is C14H19F3N2O. The number of hydrogen-bond donors (Lipinski definition) is 1. The quantitative estimate of drug-likeness (QED) is 0.837. The molecule has 6 heteroatoms. The van der Waals surface area contributed by atoms with Gasteiger partial charge < -0.3 is 10.6 Å². The molecule has 20 heavy (non-hydrogen) atoms. The van der Waals surface area contributed by atoms with Crippen LogP contribution in [-0.4, -0.2) is 36.6 Å². The van der Waals surface area contributed by atoms with Crippen LogP contribution in [0.4, 0.5) is 13.2 Å². The minimum Gasteiger partial charge on any atom is -0.341 e. The second kappa shape index (κ2) is 7.89. The Bertz CT molecular complexity index is 407. The van der Waals surface area contributed by atoms with Gasteiger partial charge in [-0.1, -0.05) is 30.3 Å². The van der Waals surface area contributed by atoms with Crippen LogP contribution in [0.3, 0.4) is 0 Å². The Morgan fingerprint density at radius 2 is 1.80 bits per heavy atom. The molecule has 0 radical (unpaired) electrons. The summed E-state index contributed by atoms with van der Waals surface area (Å²) in [5.41, 5.74) is 6.44. The average Bonchev–Trinajstić information content (AvgIpc) is 2.41. The largest absolute Gasteiger partial charge is 0.389 e. The van der Waals surface area contributed by atoms with E-state index in [1.807, 2.05) is 30.3 Å². The van der Waals surface area contributed by atoms with Crippen LogP contribution in [-0.2, 0) is 11.2 Å². The lowest BCUT2D eigenvalue weighted by Gasteiger charge is -2.22. The van der Waals surface area contributed by atoms with Gasteiger partial charge >= 0.3 is 6.18 Å². The maximum absolute atomic E-state index is 12.1. The van der Waals surface area contributed by atoms with Crippen LogP contribution in [0.5, 0.6) is 0 Å². The normalized spacial score (nSPS) is 11.4. The summed E-state index contributed by atoms with van der Waals surface area (Å²) in [6, 6.07) is 9.49. The maximum atomic E-state index is 12.1. The van der Waals surface area contributed by atoms with Crippen LogP contribution >= 0.6 is 0 Å². The molecule has 0 saturated carbocycles. The van der Waals surface area contributed by atoms with E-state index >= 15 is 0 Å². The van der Waals surface area contributed by atoms with Crippen LogP contribution in [0.15, 0.2) is 30.3 Å². The topological polar surface area (TPSA) is 46.3 Å². The van der Waals surface area contributed by atoms with Gasteiger partial charge in [0.2, 0.25) is 5.91 Å². The summed E-state index contributed by atoms with van der Waals surface area (Å²) < 4.78 is 36.4. The van der Waals surface area contributed by atoms with Crippen LogP contribution in [0.2, 0.25) is 0 Å². The van der Waals surface area contributed by atoms with Gasteiger partial charge in [0.1, 0.15) is 0 Å². The van der Waals surface area contributed by atoms with Gasteiger partial charge in [0, 0.05) is 26.1 Å². The number of benzene rings is 1. The monoisotopic (exact) mass is 288 g/mol. The third kappa shape index (κ3) is 6.56. The number of nitrogens with zero attached hydrogens (tertiary/aromatic N) is 1. The molecule has 0 heterocycles. The average molecular weight is 288 g/mol. The predicted octanol–water partition coefficient (Wildman–Crippen LogP) is 2.36. The molecule has 3 nitrogen and oxygen atoms in total. The van der Waals surface area contributed by atoms with Crippen LogP contribution in [0.1, 0.15) is 18.4 Å². The Morgan fingerprint density at radius 1 is 1.15 bits per heavy atom. The van der Waals surface area contributed by atoms with Crippen molar-refractivity contribution in [2.45, 2.75) is 25.4 Å². The van der Waals surface area contributed by atoms with Crippen molar-refractivity contribution in [3.63, 3.8) is 0 Å². The zero-order valence-corrected chi connectivity index (χ0v) is 11.2. The van der Waals surface area contributed by atoms with Crippen LogP contribution in [0.25, 0.3) is 0 Å². The van der Waals surface area contributed by atoms with Gasteiger partial charge in [-0.25, -0.2) is 0 Å². The summed E-state index contributed by atoms with van der Waals surface area (Å²) in [7, 11) is 0. The lowest BCUT2D eigenvalue weighted by atomic mass is 10.1. The van der Waals surface area contributed by atoms with Crippen molar-refractivity contribution in [1.82, 2.24) is 4.90 Å². The van der Waals surface area contributed by atoms with Gasteiger partial charge in [0.05, 0.1) is 6.42 Å². The molecule has 0 aliphatic carbocycles. The molecule has 0 atom stereocenters. The second-order valence-corrected chi connectivity index (χ2v) is 4.52. The minimum atomic E-state index is -4.30. The van der Waals surface area contributed by atoms with Crippen molar-refractivity contribution in [2.75, 3.05) is 19.6 Å². The Hall–Kier alpha value is -1.56. The van der Waals surface area contributed by atoms with E-state index in [1.54, 1.807) is 0 Å². The SMILES string of the molecule is NCCN(CCc1ccccc1)C(=O)CCC(F)(F)F. The summed E-state index contributed by atoms with van der Waals surface area (Å²) in [6.07, 6.45) is -5.29. The number of rotatable bonds is 7. The Kier molecular flexibility index (Phi) is 6.51. The summed E-state index contributed by atoms with van der Waals surface area (Å²) in [6.45, 7) is 0.911. The highest BCUT2D eigenvalue weighted by Crippen LogP contribution is 2.21. The fourth-order valence-corrected chi connectivity index (χ4v) is 1.83. The van der Waals surface area contributed by atoms with Crippen LogP contribution in [0, 0.1) is 0 Å². The number of amides is 1. The number of hydrogen-bond acceptors (Lipinski definition) is 2. The van der Waals surface area contributed by atoms with Gasteiger partial charge in [-0.3, -0.25) is 4.79 Å². The van der Waals surface area contributed by atoms with Crippen molar-refractivity contribution < 1.29 is 18.0 Å².